The Morgan fingerprint density at radius 2 is 1.86 bits per heavy atom. The van der Waals surface area contributed by atoms with E-state index in [2.05, 4.69) is 72.0 Å². The molecular formula is C21H23IN6O. The molecule has 29 heavy (non-hydrogen) atoms. The first-order valence-electron chi connectivity index (χ1n) is 9.69. The van der Waals surface area contributed by atoms with E-state index in [1.165, 1.54) is 3.57 Å². The third kappa shape index (κ3) is 4.75. The normalized spacial score (nSPS) is 14.8. The van der Waals surface area contributed by atoms with Crippen LogP contribution in [0.15, 0.2) is 49.1 Å². The number of benzene rings is 1. The molecule has 0 spiro atoms. The molecule has 1 saturated heterocycles. The van der Waals surface area contributed by atoms with Gasteiger partial charge in [0.1, 0.15) is 23.8 Å². The molecule has 2 aromatic heterocycles. The first kappa shape index (κ1) is 19.8. The highest BCUT2D eigenvalue weighted by Gasteiger charge is 2.25. The largest absolute Gasteiger partial charge is 0.356 e. The van der Waals surface area contributed by atoms with Crippen molar-refractivity contribution in [3.8, 4) is 5.82 Å². The summed E-state index contributed by atoms with van der Waals surface area (Å²) < 4.78 is 3.14. The van der Waals surface area contributed by atoms with E-state index in [1.807, 2.05) is 23.8 Å². The van der Waals surface area contributed by atoms with E-state index in [-0.39, 0.29) is 11.8 Å². The second kappa shape index (κ2) is 8.89. The summed E-state index contributed by atoms with van der Waals surface area (Å²) in [6.07, 6.45) is 6.89. The average molecular weight is 502 g/mol. The lowest BCUT2D eigenvalue weighted by atomic mass is 9.96. The zero-order valence-electron chi connectivity index (χ0n) is 16.3. The molecule has 0 atom stereocenters. The Bertz CT molecular complexity index is 979. The fourth-order valence-corrected chi connectivity index (χ4v) is 3.93. The summed E-state index contributed by atoms with van der Waals surface area (Å²) in [5, 5.41) is 3.08. The average Bonchev–Trinajstić information content (AvgIpc) is 3.19. The molecule has 8 heteroatoms. The van der Waals surface area contributed by atoms with Gasteiger partial charge in [-0.2, -0.15) is 0 Å². The Hall–Kier alpha value is -2.49. The Morgan fingerprint density at radius 1 is 1.14 bits per heavy atom. The van der Waals surface area contributed by atoms with Crippen molar-refractivity contribution in [1.29, 1.82) is 0 Å². The fourth-order valence-electron chi connectivity index (χ4n) is 3.57. The number of amides is 1. The molecule has 1 aromatic carbocycles. The van der Waals surface area contributed by atoms with E-state index < -0.39 is 0 Å². The number of anilines is 1. The van der Waals surface area contributed by atoms with Crippen LogP contribution in [0.4, 0.5) is 5.82 Å². The molecule has 1 aliphatic heterocycles. The molecular weight excluding hydrogens is 479 g/mol. The predicted octanol–water partition coefficient (Wildman–Crippen LogP) is 3.11. The molecule has 0 unspecified atom stereocenters. The Kier molecular flexibility index (Phi) is 6.08. The van der Waals surface area contributed by atoms with Crippen LogP contribution in [-0.2, 0) is 11.3 Å². The van der Waals surface area contributed by atoms with Gasteiger partial charge in [0.05, 0.1) is 0 Å². The number of piperidine rings is 1. The topological polar surface area (TPSA) is 75.9 Å². The molecule has 1 N–H and O–H groups in total. The minimum Gasteiger partial charge on any atom is -0.356 e. The number of halogens is 1. The van der Waals surface area contributed by atoms with Crippen molar-refractivity contribution in [2.75, 3.05) is 18.0 Å². The van der Waals surface area contributed by atoms with Crippen molar-refractivity contribution in [2.24, 2.45) is 5.92 Å². The number of imidazole rings is 1. The number of carbonyl (C=O) groups excluding carboxylic acids is 1. The summed E-state index contributed by atoms with van der Waals surface area (Å²) >= 11 is 2.28. The van der Waals surface area contributed by atoms with Crippen LogP contribution >= 0.6 is 22.6 Å². The van der Waals surface area contributed by atoms with Crippen molar-refractivity contribution < 1.29 is 4.79 Å². The SMILES string of the molecule is Cc1nccn1-c1cc(N2CCC(C(=O)NCc3ccc(I)cc3)CC2)ncn1. The van der Waals surface area contributed by atoms with Crippen LogP contribution in [0.25, 0.3) is 5.82 Å². The van der Waals surface area contributed by atoms with E-state index in [0.717, 1.165) is 49.0 Å². The van der Waals surface area contributed by atoms with E-state index in [9.17, 15) is 4.79 Å². The second-order valence-electron chi connectivity index (χ2n) is 7.18. The summed E-state index contributed by atoms with van der Waals surface area (Å²) in [5.74, 6) is 2.77. The van der Waals surface area contributed by atoms with Gasteiger partial charge in [-0.05, 0) is 60.1 Å². The quantitative estimate of drug-likeness (QED) is 0.543. The highest BCUT2D eigenvalue weighted by molar-refractivity contribution is 14.1. The monoisotopic (exact) mass is 502 g/mol. The molecule has 1 aliphatic rings. The van der Waals surface area contributed by atoms with Gasteiger partial charge in [0.15, 0.2) is 0 Å². The highest BCUT2D eigenvalue weighted by Crippen LogP contribution is 2.23. The zero-order chi connectivity index (χ0) is 20.2. The van der Waals surface area contributed by atoms with Crippen molar-refractivity contribution in [2.45, 2.75) is 26.3 Å². The minimum absolute atomic E-state index is 0.0484. The number of hydrogen-bond acceptors (Lipinski definition) is 5. The molecule has 3 aromatic rings. The Morgan fingerprint density at radius 3 is 2.55 bits per heavy atom. The highest BCUT2D eigenvalue weighted by atomic mass is 127. The fraction of sp³-hybridized carbons (Fsp3) is 0.333. The van der Waals surface area contributed by atoms with E-state index in [4.69, 9.17) is 0 Å². The lowest BCUT2D eigenvalue weighted by Gasteiger charge is -2.32. The van der Waals surface area contributed by atoms with Gasteiger partial charge < -0.3 is 10.2 Å². The number of hydrogen-bond donors (Lipinski definition) is 1. The molecule has 1 fully saturated rings. The molecule has 0 bridgehead atoms. The van der Waals surface area contributed by atoms with Gasteiger partial charge >= 0.3 is 0 Å². The summed E-state index contributed by atoms with van der Waals surface area (Å²) in [4.78, 5) is 27.8. The minimum atomic E-state index is 0.0484. The lowest BCUT2D eigenvalue weighted by molar-refractivity contribution is -0.125. The van der Waals surface area contributed by atoms with Crippen molar-refractivity contribution in [3.63, 3.8) is 0 Å². The Balaban J connectivity index is 1.33. The number of rotatable bonds is 5. The molecule has 3 heterocycles. The first-order chi connectivity index (χ1) is 14.1. The van der Waals surface area contributed by atoms with Gasteiger partial charge in [0.2, 0.25) is 5.91 Å². The van der Waals surface area contributed by atoms with Gasteiger partial charge in [0.25, 0.3) is 0 Å². The van der Waals surface area contributed by atoms with Crippen LogP contribution in [-0.4, -0.2) is 38.5 Å². The summed E-state index contributed by atoms with van der Waals surface area (Å²) in [5.41, 5.74) is 1.12. The van der Waals surface area contributed by atoms with Gasteiger partial charge in [-0.15, -0.1) is 0 Å². The molecule has 7 nitrogen and oxygen atoms in total. The Labute approximate surface area is 183 Å². The third-order valence-corrected chi connectivity index (χ3v) is 6.00. The van der Waals surface area contributed by atoms with Crippen molar-refractivity contribution >= 4 is 34.3 Å². The van der Waals surface area contributed by atoms with E-state index in [0.29, 0.717) is 6.54 Å². The molecule has 1 amide bonds. The smallest absolute Gasteiger partial charge is 0.223 e. The van der Waals surface area contributed by atoms with Gasteiger partial charge in [-0.1, -0.05) is 12.1 Å². The molecule has 0 radical (unpaired) electrons. The third-order valence-electron chi connectivity index (χ3n) is 5.28. The summed E-state index contributed by atoms with van der Waals surface area (Å²) in [7, 11) is 0. The van der Waals surface area contributed by atoms with Crippen LogP contribution < -0.4 is 10.2 Å². The number of aryl methyl sites for hydroxylation is 1. The molecule has 0 aliphatic carbocycles. The van der Waals surface area contributed by atoms with Gasteiger partial charge in [0, 0.05) is 47.6 Å². The predicted molar refractivity (Wildman–Crippen MR) is 120 cm³/mol. The van der Waals surface area contributed by atoms with Crippen LogP contribution in [0.1, 0.15) is 24.2 Å². The number of aromatic nitrogens is 4. The number of nitrogens with one attached hydrogen (secondary N) is 1. The molecule has 150 valence electrons. The summed E-state index contributed by atoms with van der Waals surface area (Å²) in [6.45, 7) is 4.14. The van der Waals surface area contributed by atoms with Crippen molar-refractivity contribution in [1.82, 2.24) is 24.8 Å². The second-order valence-corrected chi connectivity index (χ2v) is 8.43. The van der Waals surface area contributed by atoms with Crippen LogP contribution in [0.5, 0.6) is 0 Å². The van der Waals surface area contributed by atoms with Crippen LogP contribution in [0.3, 0.4) is 0 Å². The maximum absolute atomic E-state index is 12.6. The number of carbonyl (C=O) groups is 1. The maximum Gasteiger partial charge on any atom is 0.223 e. The lowest BCUT2D eigenvalue weighted by Crippen LogP contribution is -2.40. The van der Waals surface area contributed by atoms with Crippen LogP contribution in [0.2, 0.25) is 0 Å². The van der Waals surface area contributed by atoms with E-state index >= 15 is 0 Å². The van der Waals surface area contributed by atoms with E-state index in [1.54, 1.807) is 12.5 Å². The van der Waals surface area contributed by atoms with Crippen LogP contribution in [0, 0.1) is 16.4 Å². The standard InChI is InChI=1S/C21H23IN6O/c1-15-23-8-11-28(15)20-12-19(25-14-26-20)27-9-6-17(7-10-27)21(29)24-13-16-2-4-18(22)5-3-16/h2-5,8,11-12,14,17H,6-7,9-10,13H2,1H3,(H,24,29). The molecule has 4 rings (SSSR count). The summed E-state index contributed by atoms with van der Waals surface area (Å²) in [6, 6.07) is 10.2. The van der Waals surface area contributed by atoms with Gasteiger partial charge in [-0.3, -0.25) is 9.36 Å². The number of nitrogens with zero attached hydrogens (tertiary/aromatic N) is 5. The maximum atomic E-state index is 12.6. The van der Waals surface area contributed by atoms with Gasteiger partial charge in [-0.25, -0.2) is 15.0 Å². The zero-order valence-corrected chi connectivity index (χ0v) is 18.4. The van der Waals surface area contributed by atoms with Crippen molar-refractivity contribution in [3.05, 3.63) is 64.0 Å². The molecule has 0 saturated carbocycles. The first-order valence-corrected chi connectivity index (χ1v) is 10.8.